The molecule has 0 aliphatic carbocycles. The lowest BCUT2D eigenvalue weighted by Gasteiger charge is -2.15. The lowest BCUT2D eigenvalue weighted by molar-refractivity contribution is -0.116. The summed E-state index contributed by atoms with van der Waals surface area (Å²) in [6, 6.07) is 22.9. The molecule has 1 unspecified atom stereocenters. The molecule has 0 fully saturated rings. The third-order valence-corrected chi connectivity index (χ3v) is 7.82. The number of carbonyl (C=O) groups is 3. The van der Waals surface area contributed by atoms with E-state index in [0.29, 0.717) is 33.4 Å². The molecule has 3 amide bonds. The van der Waals surface area contributed by atoms with E-state index in [1.165, 1.54) is 29.2 Å². The minimum absolute atomic E-state index is 0.0317. The van der Waals surface area contributed by atoms with Crippen molar-refractivity contribution in [3.8, 4) is 0 Å². The number of anilines is 2. The third-order valence-electron chi connectivity index (χ3n) is 5.43. The SMILES string of the molecule is CCC(Sc1cccc(NC(=O)/C(=C\c2ccccc2Cl)NC(=O)c2ccccc2)c1)C(=O)Nc1nccs1. The van der Waals surface area contributed by atoms with Crippen molar-refractivity contribution in [2.24, 2.45) is 0 Å². The number of rotatable bonds is 10. The highest BCUT2D eigenvalue weighted by molar-refractivity contribution is 8.00. The van der Waals surface area contributed by atoms with E-state index in [2.05, 4.69) is 20.9 Å². The van der Waals surface area contributed by atoms with E-state index in [0.717, 1.165) is 4.90 Å². The topological polar surface area (TPSA) is 100 Å². The van der Waals surface area contributed by atoms with Crippen molar-refractivity contribution in [3.63, 3.8) is 0 Å². The van der Waals surface area contributed by atoms with Crippen molar-refractivity contribution in [1.82, 2.24) is 10.3 Å². The van der Waals surface area contributed by atoms with Crippen LogP contribution in [0.25, 0.3) is 6.08 Å². The summed E-state index contributed by atoms with van der Waals surface area (Å²) in [4.78, 5) is 43.9. The number of aromatic nitrogens is 1. The molecule has 10 heteroatoms. The Morgan fingerprint density at radius 3 is 2.49 bits per heavy atom. The molecule has 198 valence electrons. The summed E-state index contributed by atoms with van der Waals surface area (Å²) in [6.07, 6.45) is 3.78. The molecule has 4 aromatic rings. The average molecular weight is 577 g/mol. The predicted octanol–water partition coefficient (Wildman–Crippen LogP) is 6.72. The summed E-state index contributed by atoms with van der Waals surface area (Å²) in [5, 5.41) is 10.8. The van der Waals surface area contributed by atoms with Crippen molar-refractivity contribution in [1.29, 1.82) is 0 Å². The van der Waals surface area contributed by atoms with Crippen molar-refractivity contribution >= 4 is 69.3 Å². The van der Waals surface area contributed by atoms with Crippen LogP contribution in [0.2, 0.25) is 5.02 Å². The molecule has 3 aromatic carbocycles. The highest BCUT2D eigenvalue weighted by Crippen LogP contribution is 2.29. The normalized spacial score (nSPS) is 11.9. The first kappa shape index (κ1) is 28.1. The highest BCUT2D eigenvalue weighted by atomic mass is 35.5. The van der Waals surface area contributed by atoms with Crippen LogP contribution in [0.1, 0.15) is 29.3 Å². The van der Waals surface area contributed by atoms with Crippen LogP contribution >= 0.6 is 34.7 Å². The van der Waals surface area contributed by atoms with Gasteiger partial charge in [-0.1, -0.05) is 61.0 Å². The molecule has 39 heavy (non-hydrogen) atoms. The lowest BCUT2D eigenvalue weighted by Crippen LogP contribution is -2.30. The van der Waals surface area contributed by atoms with Gasteiger partial charge in [-0.3, -0.25) is 14.4 Å². The van der Waals surface area contributed by atoms with Crippen LogP contribution in [0, 0.1) is 0 Å². The number of benzene rings is 3. The minimum atomic E-state index is -0.519. The largest absolute Gasteiger partial charge is 0.321 e. The Morgan fingerprint density at radius 2 is 1.77 bits per heavy atom. The molecule has 7 nitrogen and oxygen atoms in total. The Morgan fingerprint density at radius 1 is 1.00 bits per heavy atom. The molecule has 1 heterocycles. The van der Waals surface area contributed by atoms with Gasteiger partial charge >= 0.3 is 0 Å². The van der Waals surface area contributed by atoms with Gasteiger partial charge in [0.25, 0.3) is 11.8 Å². The Kier molecular flexibility index (Phi) is 9.91. The van der Waals surface area contributed by atoms with Gasteiger partial charge in [-0.15, -0.1) is 23.1 Å². The first-order valence-electron chi connectivity index (χ1n) is 12.0. The van der Waals surface area contributed by atoms with Gasteiger partial charge in [-0.2, -0.15) is 0 Å². The number of thiazole rings is 1. The maximum Gasteiger partial charge on any atom is 0.272 e. The lowest BCUT2D eigenvalue weighted by atomic mass is 10.1. The van der Waals surface area contributed by atoms with E-state index >= 15 is 0 Å². The van der Waals surface area contributed by atoms with Crippen molar-refractivity contribution in [2.75, 3.05) is 10.6 Å². The van der Waals surface area contributed by atoms with Crippen molar-refractivity contribution < 1.29 is 14.4 Å². The van der Waals surface area contributed by atoms with E-state index in [1.807, 2.05) is 13.0 Å². The summed E-state index contributed by atoms with van der Waals surface area (Å²) in [6.45, 7) is 1.94. The second kappa shape index (κ2) is 13.7. The Balaban J connectivity index is 1.51. The fraction of sp³-hybridized carbons (Fsp3) is 0.103. The van der Waals surface area contributed by atoms with E-state index in [-0.39, 0.29) is 16.9 Å². The molecule has 1 atom stereocenters. The average Bonchev–Trinajstić information content (AvgIpc) is 3.46. The summed E-state index contributed by atoms with van der Waals surface area (Å²) in [7, 11) is 0. The molecule has 0 aliphatic heterocycles. The van der Waals surface area contributed by atoms with Gasteiger partial charge < -0.3 is 16.0 Å². The fourth-order valence-corrected chi connectivity index (χ4v) is 5.23. The molecule has 1 aromatic heterocycles. The van der Waals surface area contributed by atoms with Crippen LogP contribution in [-0.4, -0.2) is 28.0 Å². The van der Waals surface area contributed by atoms with Crippen LogP contribution in [0.15, 0.2) is 101 Å². The van der Waals surface area contributed by atoms with Crippen LogP contribution in [0.5, 0.6) is 0 Å². The van der Waals surface area contributed by atoms with Gasteiger partial charge in [-0.05, 0) is 54.5 Å². The second-order valence-corrected chi connectivity index (χ2v) is 10.8. The maximum absolute atomic E-state index is 13.4. The van der Waals surface area contributed by atoms with Crippen LogP contribution < -0.4 is 16.0 Å². The molecule has 0 bridgehead atoms. The Labute approximate surface area is 239 Å². The monoisotopic (exact) mass is 576 g/mol. The first-order valence-corrected chi connectivity index (χ1v) is 14.2. The van der Waals surface area contributed by atoms with Gasteiger partial charge in [0.1, 0.15) is 5.70 Å². The number of halogens is 1. The molecule has 0 saturated heterocycles. The summed E-state index contributed by atoms with van der Waals surface area (Å²) in [5.41, 5.74) is 1.54. The van der Waals surface area contributed by atoms with Crippen molar-refractivity contribution in [3.05, 3.63) is 112 Å². The molecular weight excluding hydrogens is 552 g/mol. The van der Waals surface area contributed by atoms with E-state index in [4.69, 9.17) is 11.6 Å². The van der Waals surface area contributed by atoms with Gasteiger partial charge in [0.2, 0.25) is 5.91 Å². The van der Waals surface area contributed by atoms with Crippen molar-refractivity contribution in [2.45, 2.75) is 23.5 Å². The second-order valence-electron chi connectivity index (χ2n) is 8.22. The van der Waals surface area contributed by atoms with Crippen LogP contribution in [0.4, 0.5) is 10.8 Å². The number of amides is 3. The summed E-state index contributed by atoms with van der Waals surface area (Å²) < 4.78 is 0. The Hall–Kier alpha value is -3.92. The van der Waals surface area contributed by atoms with Gasteiger partial charge in [-0.25, -0.2) is 4.98 Å². The highest BCUT2D eigenvalue weighted by Gasteiger charge is 2.20. The fourth-order valence-electron chi connectivity index (χ4n) is 3.49. The number of nitrogens with one attached hydrogen (secondary N) is 3. The van der Waals surface area contributed by atoms with Crippen LogP contribution in [-0.2, 0) is 9.59 Å². The smallest absolute Gasteiger partial charge is 0.272 e. The zero-order chi connectivity index (χ0) is 27.6. The number of thioether (sulfide) groups is 1. The van der Waals surface area contributed by atoms with E-state index in [9.17, 15) is 14.4 Å². The number of hydrogen-bond acceptors (Lipinski definition) is 6. The molecule has 0 spiro atoms. The zero-order valence-corrected chi connectivity index (χ0v) is 23.3. The molecular formula is C29H25ClN4O3S2. The number of hydrogen-bond donors (Lipinski definition) is 3. The molecule has 0 aliphatic rings. The van der Waals surface area contributed by atoms with Gasteiger partial charge in [0.05, 0.1) is 5.25 Å². The molecule has 0 saturated carbocycles. The van der Waals surface area contributed by atoms with E-state index in [1.54, 1.807) is 84.4 Å². The minimum Gasteiger partial charge on any atom is -0.321 e. The van der Waals surface area contributed by atoms with Gasteiger partial charge in [0, 0.05) is 32.7 Å². The molecule has 3 N–H and O–H groups in total. The van der Waals surface area contributed by atoms with E-state index < -0.39 is 11.8 Å². The first-order chi connectivity index (χ1) is 18.9. The molecule has 0 radical (unpaired) electrons. The zero-order valence-electron chi connectivity index (χ0n) is 20.9. The number of carbonyl (C=O) groups excluding carboxylic acids is 3. The maximum atomic E-state index is 13.4. The van der Waals surface area contributed by atoms with Gasteiger partial charge in [0.15, 0.2) is 5.13 Å². The standard InChI is InChI=1S/C29H25ClN4O3S2/c1-2-25(28(37)34-29-31-15-16-38-29)39-22-13-8-12-21(18-22)32-27(36)24(17-20-11-6-7-14-23(20)30)33-26(35)19-9-4-3-5-10-19/h3-18,25H,2H2,1H3,(H,32,36)(H,33,35)(H,31,34,37)/b24-17+. The van der Waals surface area contributed by atoms with Crippen LogP contribution in [0.3, 0.4) is 0 Å². The quantitative estimate of drug-likeness (QED) is 0.144. The third kappa shape index (κ3) is 8.03. The molecule has 4 rings (SSSR count). The predicted molar refractivity (Wildman–Crippen MR) is 159 cm³/mol. The number of nitrogens with zero attached hydrogens (tertiary/aromatic N) is 1. The summed E-state index contributed by atoms with van der Waals surface area (Å²) >= 11 is 9.06. The Bertz CT molecular complexity index is 1480. The summed E-state index contributed by atoms with van der Waals surface area (Å²) in [5.74, 6) is -1.08.